The fourth-order valence-electron chi connectivity index (χ4n) is 4.71. The molecule has 1 saturated heterocycles. The number of ketones is 1. The molecule has 8 heteroatoms. The Kier molecular flexibility index (Phi) is 5.30. The molecule has 0 bridgehead atoms. The second-order valence-corrected chi connectivity index (χ2v) is 10.7. The highest BCUT2D eigenvalue weighted by Crippen LogP contribution is 2.65. The van der Waals surface area contributed by atoms with E-state index in [4.69, 9.17) is 11.5 Å². The van der Waals surface area contributed by atoms with Crippen molar-refractivity contribution in [3.05, 3.63) is 0 Å². The third kappa shape index (κ3) is 4.04. The van der Waals surface area contributed by atoms with Crippen LogP contribution >= 0.6 is 0 Å². The molecule has 29 heavy (non-hydrogen) atoms. The first-order chi connectivity index (χ1) is 13.3. The molecule has 3 amide bonds. The molecule has 0 aromatic carbocycles. The number of rotatable bonds is 7. The van der Waals surface area contributed by atoms with E-state index < -0.39 is 41.1 Å². The van der Waals surface area contributed by atoms with Gasteiger partial charge < -0.3 is 21.7 Å². The van der Waals surface area contributed by atoms with Crippen molar-refractivity contribution in [2.75, 3.05) is 6.54 Å². The van der Waals surface area contributed by atoms with Crippen molar-refractivity contribution < 1.29 is 19.2 Å². The van der Waals surface area contributed by atoms with E-state index in [9.17, 15) is 19.2 Å². The van der Waals surface area contributed by atoms with Gasteiger partial charge in [0.25, 0.3) is 5.91 Å². The summed E-state index contributed by atoms with van der Waals surface area (Å²) in [5.41, 5.74) is 10.9. The van der Waals surface area contributed by atoms with Crippen LogP contribution in [0, 0.1) is 28.6 Å². The molecule has 1 aliphatic heterocycles. The number of primary amides is 1. The van der Waals surface area contributed by atoms with Crippen LogP contribution in [0.3, 0.4) is 0 Å². The normalized spacial score (nSPS) is 29.6. The van der Waals surface area contributed by atoms with Crippen molar-refractivity contribution in [1.29, 1.82) is 0 Å². The van der Waals surface area contributed by atoms with Crippen molar-refractivity contribution in [2.45, 2.75) is 72.0 Å². The number of carbonyl (C=O) groups excluding carboxylic acids is 4. The molecule has 5 N–H and O–H groups in total. The van der Waals surface area contributed by atoms with Crippen LogP contribution < -0.4 is 16.8 Å². The van der Waals surface area contributed by atoms with Gasteiger partial charge in [-0.05, 0) is 35.0 Å². The standard InChI is InChI=1S/C21H34N4O4/c1-20(2,3)16(22)19(29)25-9-11-13(21(11,4)5)14(25)18(28)24-12(8-10-6-7-10)15(26)17(23)27/h10-14,16H,6-9,22H2,1-5H3,(H2,23,27)(H,24,28)/t11?,12?,13-,14-,16+/m0/s1. The third-order valence-electron chi connectivity index (χ3n) is 7.10. The van der Waals surface area contributed by atoms with Gasteiger partial charge >= 0.3 is 0 Å². The number of carbonyl (C=O) groups is 4. The van der Waals surface area contributed by atoms with Crippen LogP contribution in [-0.4, -0.2) is 53.1 Å². The largest absolute Gasteiger partial charge is 0.363 e. The first-order valence-corrected chi connectivity index (χ1v) is 10.5. The van der Waals surface area contributed by atoms with E-state index in [1.54, 1.807) is 4.90 Å². The molecule has 3 aliphatic rings. The monoisotopic (exact) mass is 406 g/mol. The van der Waals surface area contributed by atoms with Crippen molar-refractivity contribution in [1.82, 2.24) is 10.2 Å². The SMILES string of the molecule is CC(C)(C)[C@H](N)C(=O)N1CC2[C@@H]([C@H]1C(=O)NC(CC1CC1)C(=O)C(N)=O)C2(C)C. The van der Waals surface area contributed by atoms with E-state index in [0.717, 1.165) is 12.8 Å². The summed E-state index contributed by atoms with van der Waals surface area (Å²) in [7, 11) is 0. The molecule has 1 heterocycles. The topological polar surface area (TPSA) is 136 Å². The van der Waals surface area contributed by atoms with Gasteiger partial charge in [0.15, 0.2) is 0 Å². The molecule has 2 saturated carbocycles. The summed E-state index contributed by atoms with van der Waals surface area (Å²) in [6.45, 7) is 10.3. The van der Waals surface area contributed by atoms with Crippen molar-refractivity contribution >= 4 is 23.5 Å². The second-order valence-electron chi connectivity index (χ2n) is 10.7. The molecule has 3 fully saturated rings. The number of nitrogens with zero attached hydrogens (tertiary/aromatic N) is 1. The summed E-state index contributed by atoms with van der Waals surface area (Å²) >= 11 is 0. The number of amides is 3. The number of piperidine rings is 1. The summed E-state index contributed by atoms with van der Waals surface area (Å²) in [5.74, 6) is -1.90. The molecule has 8 nitrogen and oxygen atoms in total. The molecule has 0 radical (unpaired) electrons. The Bertz CT molecular complexity index is 737. The van der Waals surface area contributed by atoms with E-state index in [2.05, 4.69) is 19.2 Å². The third-order valence-corrected chi connectivity index (χ3v) is 7.10. The van der Waals surface area contributed by atoms with Crippen molar-refractivity contribution in [2.24, 2.45) is 40.1 Å². The minimum absolute atomic E-state index is 0.0175. The highest BCUT2D eigenvalue weighted by Gasteiger charge is 2.69. The van der Waals surface area contributed by atoms with Crippen LogP contribution in [0.15, 0.2) is 0 Å². The highest BCUT2D eigenvalue weighted by molar-refractivity contribution is 6.37. The van der Waals surface area contributed by atoms with Gasteiger partial charge in [-0.25, -0.2) is 0 Å². The molecule has 0 aromatic rings. The highest BCUT2D eigenvalue weighted by atomic mass is 16.2. The maximum absolute atomic E-state index is 13.2. The maximum atomic E-state index is 13.2. The minimum atomic E-state index is -1.05. The Labute approximate surface area is 172 Å². The molecular formula is C21H34N4O4. The van der Waals surface area contributed by atoms with Gasteiger partial charge in [-0.1, -0.05) is 47.5 Å². The lowest BCUT2D eigenvalue weighted by atomic mass is 9.86. The molecule has 0 aromatic heterocycles. The first-order valence-electron chi connectivity index (χ1n) is 10.5. The zero-order valence-corrected chi connectivity index (χ0v) is 18.0. The Morgan fingerprint density at radius 1 is 1.17 bits per heavy atom. The van der Waals surface area contributed by atoms with Gasteiger partial charge in [-0.2, -0.15) is 0 Å². The van der Waals surface area contributed by atoms with E-state index in [0.29, 0.717) is 18.9 Å². The van der Waals surface area contributed by atoms with Crippen molar-refractivity contribution in [3.8, 4) is 0 Å². The van der Waals surface area contributed by atoms with Crippen LogP contribution in [-0.2, 0) is 19.2 Å². The van der Waals surface area contributed by atoms with Crippen LogP contribution in [0.1, 0.15) is 53.9 Å². The lowest BCUT2D eigenvalue weighted by molar-refractivity contribution is -0.144. The molecule has 2 aliphatic carbocycles. The van der Waals surface area contributed by atoms with E-state index in [1.807, 2.05) is 20.8 Å². The average Bonchev–Trinajstić information content (AvgIpc) is 3.45. The Morgan fingerprint density at radius 2 is 1.76 bits per heavy atom. The maximum Gasteiger partial charge on any atom is 0.287 e. The number of fused-ring (bicyclic) bond motifs is 1. The number of Topliss-reactive ketones (excluding diaryl/α,β-unsaturated/α-hetero) is 1. The van der Waals surface area contributed by atoms with Gasteiger partial charge in [-0.3, -0.25) is 19.2 Å². The summed E-state index contributed by atoms with van der Waals surface area (Å²) in [4.78, 5) is 51.6. The smallest absolute Gasteiger partial charge is 0.287 e. The summed E-state index contributed by atoms with van der Waals surface area (Å²) < 4.78 is 0. The van der Waals surface area contributed by atoms with Gasteiger partial charge in [0, 0.05) is 6.54 Å². The van der Waals surface area contributed by atoms with Crippen molar-refractivity contribution in [3.63, 3.8) is 0 Å². The van der Waals surface area contributed by atoms with Gasteiger partial charge in [0.05, 0.1) is 12.1 Å². The summed E-state index contributed by atoms with van der Waals surface area (Å²) in [5, 5.41) is 2.74. The quantitative estimate of drug-likeness (QED) is 0.518. The predicted molar refractivity (Wildman–Crippen MR) is 107 cm³/mol. The Balaban J connectivity index is 1.79. The lowest BCUT2D eigenvalue weighted by Crippen LogP contribution is -2.59. The number of nitrogens with two attached hydrogens (primary N) is 2. The van der Waals surface area contributed by atoms with Crippen LogP contribution in [0.5, 0.6) is 0 Å². The molecule has 5 atom stereocenters. The van der Waals surface area contributed by atoms with Gasteiger partial charge in [0.2, 0.25) is 17.6 Å². The van der Waals surface area contributed by atoms with E-state index in [1.165, 1.54) is 0 Å². The number of likely N-dealkylation sites (tertiary alicyclic amines) is 1. The molecule has 162 valence electrons. The molecular weight excluding hydrogens is 372 g/mol. The fraction of sp³-hybridized carbons (Fsp3) is 0.810. The van der Waals surface area contributed by atoms with E-state index >= 15 is 0 Å². The number of hydrogen-bond acceptors (Lipinski definition) is 5. The summed E-state index contributed by atoms with van der Waals surface area (Å²) in [6, 6.07) is -2.34. The fourth-order valence-corrected chi connectivity index (χ4v) is 4.71. The van der Waals surface area contributed by atoms with Crippen LogP contribution in [0.25, 0.3) is 0 Å². The van der Waals surface area contributed by atoms with E-state index in [-0.39, 0.29) is 23.2 Å². The summed E-state index contributed by atoms with van der Waals surface area (Å²) in [6.07, 6.45) is 2.36. The molecule has 3 rings (SSSR count). The van der Waals surface area contributed by atoms with Crippen LogP contribution in [0.4, 0.5) is 0 Å². The zero-order valence-electron chi connectivity index (χ0n) is 18.0. The molecule has 0 spiro atoms. The van der Waals surface area contributed by atoms with Gasteiger partial charge in [0.1, 0.15) is 6.04 Å². The number of nitrogens with one attached hydrogen (secondary N) is 1. The Morgan fingerprint density at radius 3 is 2.24 bits per heavy atom. The first kappa shape index (κ1) is 21.7. The molecule has 2 unspecified atom stereocenters. The predicted octanol–water partition coefficient (Wildman–Crippen LogP) is 0.182. The second kappa shape index (κ2) is 7.07. The lowest BCUT2D eigenvalue weighted by Gasteiger charge is -2.36. The Hall–Kier alpha value is -1.96. The average molecular weight is 407 g/mol. The number of hydrogen-bond donors (Lipinski definition) is 3. The van der Waals surface area contributed by atoms with Gasteiger partial charge in [-0.15, -0.1) is 0 Å². The zero-order chi connectivity index (χ0) is 21.9. The van der Waals surface area contributed by atoms with Crippen LogP contribution in [0.2, 0.25) is 0 Å². The minimum Gasteiger partial charge on any atom is -0.363 e.